The number of halogens is 1. The molecule has 0 radical (unpaired) electrons. The summed E-state index contributed by atoms with van der Waals surface area (Å²) in [5.41, 5.74) is 3.08. The number of non-ortho nitro benzene ring substituents is 1. The highest BCUT2D eigenvalue weighted by molar-refractivity contribution is 6.33. The lowest BCUT2D eigenvalue weighted by Gasteiger charge is -2.11. The van der Waals surface area contributed by atoms with Crippen LogP contribution in [-0.4, -0.2) is 29.1 Å². The number of carbonyl (C=O) groups excluding carboxylic acids is 1. The highest BCUT2D eigenvalue weighted by Crippen LogP contribution is 2.38. The maximum Gasteiger partial charge on any atom is 0.318 e. The number of hydrogen-bond acceptors (Lipinski definition) is 8. The molecule has 12 heteroatoms. The first-order valence-electron chi connectivity index (χ1n) is 9.58. The maximum absolute atomic E-state index is 12.2. The second-order valence-corrected chi connectivity index (χ2v) is 7.27. The second kappa shape index (κ2) is 10.4. The van der Waals surface area contributed by atoms with Gasteiger partial charge in [-0.3, -0.25) is 25.0 Å². The van der Waals surface area contributed by atoms with E-state index in [0.29, 0.717) is 10.6 Å². The van der Waals surface area contributed by atoms with Crippen LogP contribution in [0, 0.1) is 27.2 Å². The number of hydrogen-bond donors (Lipinski definition) is 1. The standard InChI is InChI=1S/C22H17ClN4O7/c1-13-3-6-16(17(23)9-13)22(28)25-24-12-14-4-7-20(21(10-14)33-2)34-19-8-5-15(26(29)30)11-18(19)27(31)32/h3-12H,1-2H3,(H,25,28)/b24-12-. The molecule has 11 nitrogen and oxygen atoms in total. The van der Waals surface area contributed by atoms with Gasteiger partial charge in [0.05, 0.1) is 39.8 Å². The number of methoxy groups -OCH3 is 1. The van der Waals surface area contributed by atoms with Crippen LogP contribution in [0.2, 0.25) is 5.02 Å². The molecule has 0 aliphatic rings. The Kier molecular flexibility index (Phi) is 7.39. The normalized spacial score (nSPS) is 10.7. The van der Waals surface area contributed by atoms with Crippen molar-refractivity contribution in [3.63, 3.8) is 0 Å². The monoisotopic (exact) mass is 484 g/mol. The SMILES string of the molecule is COc1cc(/C=N\NC(=O)c2ccc(C)cc2Cl)ccc1Oc1ccc([N+](=O)[O-])cc1[N+](=O)[O-]. The smallest absolute Gasteiger partial charge is 0.318 e. The van der Waals surface area contributed by atoms with Gasteiger partial charge in [0, 0.05) is 6.07 Å². The van der Waals surface area contributed by atoms with Gasteiger partial charge in [-0.2, -0.15) is 5.10 Å². The summed E-state index contributed by atoms with van der Waals surface area (Å²) in [5.74, 6) is -0.340. The number of nitro benzene ring substituents is 2. The number of ether oxygens (including phenoxy) is 2. The van der Waals surface area contributed by atoms with Crippen LogP contribution in [-0.2, 0) is 0 Å². The van der Waals surface area contributed by atoms with Crippen molar-refractivity contribution >= 4 is 35.1 Å². The zero-order valence-electron chi connectivity index (χ0n) is 17.9. The molecule has 34 heavy (non-hydrogen) atoms. The summed E-state index contributed by atoms with van der Waals surface area (Å²) >= 11 is 6.08. The third kappa shape index (κ3) is 5.64. The summed E-state index contributed by atoms with van der Waals surface area (Å²) in [5, 5.41) is 26.4. The molecule has 0 atom stereocenters. The number of amides is 1. The first-order valence-corrected chi connectivity index (χ1v) is 9.95. The van der Waals surface area contributed by atoms with Crippen LogP contribution < -0.4 is 14.9 Å². The minimum absolute atomic E-state index is 0.132. The Morgan fingerprint density at radius 2 is 1.74 bits per heavy atom. The van der Waals surface area contributed by atoms with Crippen molar-refractivity contribution in [2.24, 2.45) is 5.10 Å². The van der Waals surface area contributed by atoms with E-state index in [2.05, 4.69) is 10.5 Å². The molecule has 0 unspecified atom stereocenters. The Morgan fingerprint density at radius 1 is 1.00 bits per heavy atom. The summed E-state index contributed by atoms with van der Waals surface area (Å²) < 4.78 is 10.9. The van der Waals surface area contributed by atoms with Gasteiger partial charge < -0.3 is 9.47 Å². The number of benzene rings is 3. The molecule has 0 saturated heterocycles. The maximum atomic E-state index is 12.2. The molecule has 174 valence electrons. The molecule has 3 aromatic carbocycles. The number of rotatable bonds is 8. The quantitative estimate of drug-likeness (QED) is 0.268. The van der Waals surface area contributed by atoms with Crippen molar-refractivity contribution in [3.8, 4) is 17.2 Å². The van der Waals surface area contributed by atoms with E-state index >= 15 is 0 Å². The minimum Gasteiger partial charge on any atom is -0.493 e. The molecule has 0 heterocycles. The number of nitrogens with zero attached hydrogens (tertiary/aromatic N) is 3. The van der Waals surface area contributed by atoms with Crippen LogP contribution in [0.5, 0.6) is 17.2 Å². The molecule has 0 fully saturated rings. The summed E-state index contributed by atoms with van der Waals surface area (Å²) in [7, 11) is 1.37. The molecule has 0 aliphatic heterocycles. The minimum atomic E-state index is -0.779. The fraction of sp³-hybridized carbons (Fsp3) is 0.0909. The summed E-state index contributed by atoms with van der Waals surface area (Å²) in [6.07, 6.45) is 1.36. The number of nitrogens with one attached hydrogen (secondary N) is 1. The third-order valence-electron chi connectivity index (χ3n) is 4.51. The predicted octanol–water partition coefficient (Wildman–Crippen LogP) is 5.03. The molecule has 1 amide bonds. The van der Waals surface area contributed by atoms with E-state index in [4.69, 9.17) is 21.1 Å². The average molecular weight is 485 g/mol. The third-order valence-corrected chi connectivity index (χ3v) is 4.82. The fourth-order valence-electron chi connectivity index (χ4n) is 2.85. The molecular formula is C22H17ClN4O7. The lowest BCUT2D eigenvalue weighted by Crippen LogP contribution is -2.18. The molecule has 0 spiro atoms. The average Bonchev–Trinajstić information content (AvgIpc) is 2.79. The summed E-state index contributed by atoms with van der Waals surface area (Å²) in [6, 6.07) is 12.6. The van der Waals surface area contributed by atoms with Crippen molar-refractivity contribution < 1.29 is 24.1 Å². The summed E-state index contributed by atoms with van der Waals surface area (Å²) in [6.45, 7) is 1.85. The molecule has 0 saturated carbocycles. The predicted molar refractivity (Wildman–Crippen MR) is 124 cm³/mol. The number of nitro groups is 2. The topological polar surface area (TPSA) is 146 Å². The van der Waals surface area contributed by atoms with Crippen molar-refractivity contribution in [1.82, 2.24) is 5.43 Å². The Labute approximate surface area is 197 Å². The highest BCUT2D eigenvalue weighted by atomic mass is 35.5. The molecule has 1 N–H and O–H groups in total. The van der Waals surface area contributed by atoms with E-state index in [1.54, 1.807) is 24.3 Å². The van der Waals surface area contributed by atoms with Gasteiger partial charge >= 0.3 is 5.69 Å². The first-order chi connectivity index (χ1) is 16.2. The second-order valence-electron chi connectivity index (χ2n) is 6.86. The van der Waals surface area contributed by atoms with Crippen molar-refractivity contribution in [3.05, 3.63) is 96.5 Å². The van der Waals surface area contributed by atoms with E-state index in [1.165, 1.54) is 25.5 Å². The lowest BCUT2D eigenvalue weighted by molar-refractivity contribution is -0.394. The molecule has 0 aliphatic carbocycles. The zero-order chi connectivity index (χ0) is 24.8. The van der Waals surface area contributed by atoms with Crippen LogP contribution in [0.1, 0.15) is 21.5 Å². The molecule has 0 bridgehead atoms. The summed E-state index contributed by atoms with van der Waals surface area (Å²) in [4.78, 5) is 33.0. The van der Waals surface area contributed by atoms with Crippen LogP contribution >= 0.6 is 11.6 Å². The van der Waals surface area contributed by atoms with Crippen molar-refractivity contribution in [1.29, 1.82) is 0 Å². The van der Waals surface area contributed by atoms with Crippen LogP contribution in [0.25, 0.3) is 0 Å². The zero-order valence-corrected chi connectivity index (χ0v) is 18.6. The highest BCUT2D eigenvalue weighted by Gasteiger charge is 2.22. The Hall–Kier alpha value is -4.51. The largest absolute Gasteiger partial charge is 0.493 e. The first kappa shape index (κ1) is 24.1. The Morgan fingerprint density at radius 3 is 2.38 bits per heavy atom. The molecule has 3 aromatic rings. The van der Waals surface area contributed by atoms with E-state index in [-0.39, 0.29) is 22.8 Å². The van der Waals surface area contributed by atoms with Crippen LogP contribution in [0.4, 0.5) is 11.4 Å². The van der Waals surface area contributed by atoms with E-state index in [1.807, 2.05) is 6.92 Å². The van der Waals surface area contributed by atoms with E-state index in [0.717, 1.165) is 23.8 Å². The molecule has 3 rings (SSSR count). The van der Waals surface area contributed by atoms with E-state index < -0.39 is 27.1 Å². The lowest BCUT2D eigenvalue weighted by atomic mass is 10.1. The van der Waals surface area contributed by atoms with E-state index in [9.17, 15) is 25.0 Å². The van der Waals surface area contributed by atoms with Gasteiger partial charge in [0.15, 0.2) is 11.5 Å². The van der Waals surface area contributed by atoms with Gasteiger partial charge in [-0.1, -0.05) is 17.7 Å². The van der Waals surface area contributed by atoms with Crippen molar-refractivity contribution in [2.45, 2.75) is 6.92 Å². The molecular weight excluding hydrogens is 468 g/mol. The van der Waals surface area contributed by atoms with Gasteiger partial charge in [0.25, 0.3) is 11.6 Å². The fourth-order valence-corrected chi connectivity index (χ4v) is 3.17. The van der Waals surface area contributed by atoms with Gasteiger partial charge in [0.2, 0.25) is 5.75 Å². The van der Waals surface area contributed by atoms with Crippen LogP contribution in [0.15, 0.2) is 59.7 Å². The van der Waals surface area contributed by atoms with Gasteiger partial charge in [-0.05, 0) is 54.4 Å². The number of aryl methyl sites for hydroxylation is 1. The van der Waals surface area contributed by atoms with Gasteiger partial charge in [-0.15, -0.1) is 0 Å². The number of carbonyl (C=O) groups is 1. The van der Waals surface area contributed by atoms with Crippen LogP contribution in [0.3, 0.4) is 0 Å². The van der Waals surface area contributed by atoms with Crippen molar-refractivity contribution in [2.75, 3.05) is 7.11 Å². The Balaban J connectivity index is 1.78. The van der Waals surface area contributed by atoms with Gasteiger partial charge in [-0.25, -0.2) is 5.43 Å². The molecule has 0 aromatic heterocycles. The Bertz CT molecular complexity index is 1310. The van der Waals surface area contributed by atoms with Gasteiger partial charge in [0.1, 0.15) is 0 Å². The number of hydrazone groups is 1.